The molecule has 0 radical (unpaired) electrons. The van der Waals surface area contributed by atoms with Gasteiger partial charge in [-0.05, 0) is 35.2 Å². The molecule has 6 heteroatoms. The fourth-order valence-corrected chi connectivity index (χ4v) is 2.63. The smallest absolute Gasteiger partial charge is 0.251 e. The van der Waals surface area contributed by atoms with Gasteiger partial charge in [0, 0.05) is 37.3 Å². The normalized spacial score (nSPS) is 11.2. The van der Waals surface area contributed by atoms with Gasteiger partial charge >= 0.3 is 0 Å². The van der Waals surface area contributed by atoms with Crippen LogP contribution in [0.4, 0.5) is 14.5 Å². The molecule has 0 unspecified atom stereocenters. The van der Waals surface area contributed by atoms with Crippen molar-refractivity contribution >= 4 is 17.5 Å². The van der Waals surface area contributed by atoms with Gasteiger partial charge in [-0.25, -0.2) is 8.78 Å². The highest BCUT2D eigenvalue weighted by molar-refractivity contribution is 5.94. The van der Waals surface area contributed by atoms with Crippen LogP contribution in [0.1, 0.15) is 43.6 Å². The summed E-state index contributed by atoms with van der Waals surface area (Å²) in [6.07, 6.45) is 0. The van der Waals surface area contributed by atoms with E-state index in [4.69, 9.17) is 0 Å². The van der Waals surface area contributed by atoms with Crippen molar-refractivity contribution in [3.05, 3.63) is 65.2 Å². The average molecular weight is 374 g/mol. The topological polar surface area (TPSA) is 49.4 Å². The quantitative estimate of drug-likeness (QED) is 0.859. The van der Waals surface area contributed by atoms with Gasteiger partial charge < -0.3 is 10.2 Å². The van der Waals surface area contributed by atoms with Gasteiger partial charge in [-0.3, -0.25) is 9.59 Å². The Labute approximate surface area is 158 Å². The van der Waals surface area contributed by atoms with Crippen LogP contribution < -0.4 is 10.2 Å². The van der Waals surface area contributed by atoms with Crippen LogP contribution in [0, 0.1) is 11.6 Å². The van der Waals surface area contributed by atoms with E-state index in [1.807, 2.05) is 12.1 Å². The Morgan fingerprint density at radius 3 is 2.15 bits per heavy atom. The first-order valence-electron chi connectivity index (χ1n) is 8.71. The predicted molar refractivity (Wildman–Crippen MR) is 102 cm³/mol. The van der Waals surface area contributed by atoms with Crippen LogP contribution in [-0.2, 0) is 10.2 Å². The number of rotatable bonds is 5. The highest BCUT2D eigenvalue weighted by atomic mass is 19.2. The van der Waals surface area contributed by atoms with E-state index in [-0.39, 0.29) is 36.0 Å². The second-order valence-corrected chi connectivity index (χ2v) is 7.35. The third kappa shape index (κ3) is 5.36. The highest BCUT2D eigenvalue weighted by Gasteiger charge is 2.16. The molecular formula is C21H24F2N2O2. The summed E-state index contributed by atoms with van der Waals surface area (Å²) < 4.78 is 26.5. The first-order valence-corrected chi connectivity index (χ1v) is 8.71. The van der Waals surface area contributed by atoms with Gasteiger partial charge in [-0.2, -0.15) is 0 Å². The van der Waals surface area contributed by atoms with Gasteiger partial charge in [0.25, 0.3) is 5.91 Å². The van der Waals surface area contributed by atoms with Crippen molar-refractivity contribution in [3.63, 3.8) is 0 Å². The number of hydrogen-bond acceptors (Lipinski definition) is 2. The summed E-state index contributed by atoms with van der Waals surface area (Å²) in [7, 11) is 0. The third-order valence-electron chi connectivity index (χ3n) is 4.23. The second kappa shape index (κ2) is 8.29. The summed E-state index contributed by atoms with van der Waals surface area (Å²) in [5, 5.41) is 2.74. The summed E-state index contributed by atoms with van der Waals surface area (Å²) in [5.74, 6) is -2.59. The molecule has 0 spiro atoms. The molecular weight excluding hydrogens is 350 g/mol. The van der Waals surface area contributed by atoms with Gasteiger partial charge in [0.1, 0.15) is 0 Å². The number of carbonyl (C=O) groups is 2. The maximum Gasteiger partial charge on any atom is 0.251 e. The minimum Gasteiger partial charge on any atom is -0.350 e. The zero-order valence-corrected chi connectivity index (χ0v) is 16.0. The molecule has 2 aromatic carbocycles. The number of nitrogens with one attached hydrogen (secondary N) is 1. The van der Waals surface area contributed by atoms with Gasteiger partial charge in [0.2, 0.25) is 5.91 Å². The van der Waals surface area contributed by atoms with Gasteiger partial charge in [0.15, 0.2) is 11.6 Å². The van der Waals surface area contributed by atoms with Crippen molar-refractivity contribution < 1.29 is 18.4 Å². The molecule has 0 aliphatic carbocycles. The lowest BCUT2D eigenvalue weighted by atomic mass is 9.87. The maximum absolute atomic E-state index is 13.4. The van der Waals surface area contributed by atoms with Crippen molar-refractivity contribution in [3.8, 4) is 0 Å². The molecule has 4 nitrogen and oxygen atoms in total. The Kier molecular flexibility index (Phi) is 6.31. The molecule has 0 atom stereocenters. The fraction of sp³-hybridized carbons (Fsp3) is 0.333. The number of carbonyl (C=O) groups excluding carboxylic acids is 2. The van der Waals surface area contributed by atoms with Crippen LogP contribution in [0.2, 0.25) is 0 Å². The lowest BCUT2D eigenvalue weighted by molar-refractivity contribution is -0.116. The number of amides is 2. The molecule has 0 saturated heterocycles. The lowest BCUT2D eigenvalue weighted by Gasteiger charge is -2.22. The molecule has 27 heavy (non-hydrogen) atoms. The van der Waals surface area contributed by atoms with E-state index in [1.54, 1.807) is 12.1 Å². The van der Waals surface area contributed by atoms with Crippen molar-refractivity contribution in [1.29, 1.82) is 0 Å². The van der Waals surface area contributed by atoms with Crippen molar-refractivity contribution in [2.24, 2.45) is 0 Å². The Morgan fingerprint density at radius 1 is 1.00 bits per heavy atom. The summed E-state index contributed by atoms with van der Waals surface area (Å²) in [4.78, 5) is 25.4. The first kappa shape index (κ1) is 20.6. The first-order chi connectivity index (χ1) is 12.6. The minimum absolute atomic E-state index is 0.00142. The number of benzene rings is 2. The minimum atomic E-state index is -1.03. The van der Waals surface area contributed by atoms with Crippen LogP contribution >= 0.6 is 0 Å². The Bertz CT molecular complexity index is 827. The second-order valence-electron chi connectivity index (χ2n) is 7.35. The molecule has 0 saturated carbocycles. The van der Waals surface area contributed by atoms with Gasteiger partial charge in [-0.1, -0.05) is 32.9 Å². The van der Waals surface area contributed by atoms with Crippen molar-refractivity contribution in [2.45, 2.75) is 33.1 Å². The number of anilines is 1. The molecule has 2 aromatic rings. The summed E-state index contributed by atoms with van der Waals surface area (Å²) in [5.41, 5.74) is 1.89. The molecule has 144 valence electrons. The molecule has 0 heterocycles. The molecule has 0 aliphatic heterocycles. The van der Waals surface area contributed by atoms with Crippen LogP contribution in [-0.4, -0.2) is 24.9 Å². The van der Waals surface area contributed by atoms with E-state index >= 15 is 0 Å². The SMILES string of the molecule is CC(=O)N(CCNC(=O)c1ccc(C(C)(C)C)cc1)c1ccc(F)c(F)c1. The Morgan fingerprint density at radius 2 is 1.63 bits per heavy atom. The third-order valence-corrected chi connectivity index (χ3v) is 4.23. The number of nitrogens with zero attached hydrogens (tertiary/aromatic N) is 1. The zero-order chi connectivity index (χ0) is 20.2. The van der Waals surface area contributed by atoms with E-state index in [0.717, 1.165) is 17.7 Å². The molecule has 0 fully saturated rings. The summed E-state index contributed by atoms with van der Waals surface area (Å²) in [6.45, 7) is 7.93. The molecule has 0 bridgehead atoms. The van der Waals surface area contributed by atoms with E-state index in [1.165, 1.54) is 17.9 Å². The van der Waals surface area contributed by atoms with E-state index in [9.17, 15) is 18.4 Å². The molecule has 2 rings (SSSR count). The molecule has 1 N–H and O–H groups in total. The summed E-state index contributed by atoms with van der Waals surface area (Å²) in [6, 6.07) is 10.6. The standard InChI is InChI=1S/C21H24F2N2O2/c1-14(26)25(17-9-10-18(22)19(23)13-17)12-11-24-20(27)15-5-7-16(8-6-15)21(2,3)4/h5-10,13H,11-12H2,1-4H3,(H,24,27). The molecule has 0 aliphatic rings. The monoisotopic (exact) mass is 374 g/mol. The van der Waals surface area contributed by atoms with E-state index in [0.29, 0.717) is 5.56 Å². The highest BCUT2D eigenvalue weighted by Crippen LogP contribution is 2.22. The van der Waals surface area contributed by atoms with Crippen molar-refractivity contribution in [1.82, 2.24) is 5.32 Å². The molecule has 0 aromatic heterocycles. The van der Waals surface area contributed by atoms with Crippen LogP contribution in [0.25, 0.3) is 0 Å². The Hall–Kier alpha value is -2.76. The maximum atomic E-state index is 13.4. The lowest BCUT2D eigenvalue weighted by Crippen LogP contribution is -2.37. The molecule has 2 amide bonds. The average Bonchev–Trinajstić information content (AvgIpc) is 2.60. The van der Waals surface area contributed by atoms with E-state index in [2.05, 4.69) is 26.1 Å². The number of hydrogen-bond donors (Lipinski definition) is 1. The van der Waals surface area contributed by atoms with Crippen LogP contribution in [0.15, 0.2) is 42.5 Å². The predicted octanol–water partition coefficient (Wildman–Crippen LogP) is 4.05. The fourth-order valence-electron chi connectivity index (χ4n) is 2.63. The Balaban J connectivity index is 1.99. The van der Waals surface area contributed by atoms with Gasteiger partial charge in [-0.15, -0.1) is 0 Å². The van der Waals surface area contributed by atoms with Crippen LogP contribution in [0.3, 0.4) is 0 Å². The zero-order valence-electron chi connectivity index (χ0n) is 16.0. The van der Waals surface area contributed by atoms with Gasteiger partial charge in [0.05, 0.1) is 0 Å². The summed E-state index contributed by atoms with van der Waals surface area (Å²) >= 11 is 0. The van der Waals surface area contributed by atoms with Crippen molar-refractivity contribution in [2.75, 3.05) is 18.0 Å². The van der Waals surface area contributed by atoms with E-state index < -0.39 is 11.6 Å². The number of halogens is 2. The van der Waals surface area contributed by atoms with Crippen LogP contribution in [0.5, 0.6) is 0 Å². The largest absolute Gasteiger partial charge is 0.350 e.